The van der Waals surface area contributed by atoms with E-state index in [1.165, 1.54) is 0 Å². The van der Waals surface area contributed by atoms with E-state index in [1.54, 1.807) is 0 Å². The summed E-state index contributed by atoms with van der Waals surface area (Å²) in [6.45, 7) is 0. The zero-order chi connectivity index (χ0) is 32.6. The number of hydrogen-bond acceptors (Lipinski definition) is 7. The Morgan fingerprint density at radius 1 is 0.367 bits per heavy atom. The van der Waals surface area contributed by atoms with Crippen LogP contribution in [0.2, 0.25) is 0 Å². The lowest BCUT2D eigenvalue weighted by Gasteiger charge is -2.09. The molecule has 0 aliphatic heterocycles. The molecule has 0 radical (unpaired) electrons. The summed E-state index contributed by atoms with van der Waals surface area (Å²) in [4.78, 5) is 29.3. The largest absolute Gasteiger partial charge is 0.434 e. The van der Waals surface area contributed by atoms with Gasteiger partial charge in [0.15, 0.2) is 28.9 Å². The molecule has 9 aromatic rings. The van der Waals surface area contributed by atoms with Gasteiger partial charge >= 0.3 is 0 Å². The van der Waals surface area contributed by atoms with Crippen molar-refractivity contribution in [2.75, 3.05) is 0 Å². The minimum absolute atomic E-state index is 0.513. The molecule has 49 heavy (non-hydrogen) atoms. The molecule has 0 amide bonds. The van der Waals surface area contributed by atoms with Gasteiger partial charge in [-0.3, -0.25) is 0 Å². The van der Waals surface area contributed by atoms with Crippen LogP contribution in [0.5, 0.6) is 0 Å². The zero-order valence-electron chi connectivity index (χ0n) is 26.1. The topological polar surface area (TPSA) is 90.5 Å². The summed E-state index contributed by atoms with van der Waals surface area (Å²) in [5.74, 6) is 2.49. The number of hydrogen-bond donors (Lipinski definition) is 0. The third-order valence-corrected chi connectivity index (χ3v) is 8.43. The van der Waals surface area contributed by atoms with Gasteiger partial charge in [-0.15, -0.1) is 0 Å². The van der Waals surface area contributed by atoms with Crippen molar-refractivity contribution < 1.29 is 4.42 Å². The molecule has 0 unspecified atom stereocenters. The van der Waals surface area contributed by atoms with Gasteiger partial charge in [0.1, 0.15) is 11.2 Å². The predicted octanol–water partition coefficient (Wildman–Crippen LogP) is 9.96. The second-order valence-electron chi connectivity index (χ2n) is 11.6. The van der Waals surface area contributed by atoms with E-state index in [-0.39, 0.29) is 0 Å². The third kappa shape index (κ3) is 5.39. The van der Waals surface area contributed by atoms with Gasteiger partial charge in [-0.25, -0.2) is 29.9 Å². The zero-order valence-corrected chi connectivity index (χ0v) is 26.1. The smallest absolute Gasteiger partial charge is 0.229 e. The molecule has 0 N–H and O–H groups in total. The molecule has 0 atom stereocenters. The quantitative estimate of drug-likeness (QED) is 0.181. The molecule has 0 saturated heterocycles. The van der Waals surface area contributed by atoms with Crippen molar-refractivity contribution in [1.82, 2.24) is 29.9 Å². The average Bonchev–Trinajstić information content (AvgIpc) is 3.57. The molecule has 5 aromatic carbocycles. The number of aromatic nitrogens is 6. The number of benzene rings is 5. The van der Waals surface area contributed by atoms with Crippen LogP contribution in [0, 0.1) is 0 Å². The Labute approximate surface area is 281 Å². The summed E-state index contributed by atoms with van der Waals surface area (Å²) in [5.41, 5.74) is 9.14. The SMILES string of the molecule is c1ccc(-c2nc(-c3ccccc3)nc(-c3ccc(-c4cnc5oc6c(-c7ccccc7)nc(-c7ccccc7)nc6c5c4)cc3)n2)cc1. The highest BCUT2D eigenvalue weighted by Gasteiger charge is 2.20. The summed E-state index contributed by atoms with van der Waals surface area (Å²) in [6.07, 6.45) is 1.83. The van der Waals surface area contributed by atoms with E-state index in [2.05, 4.69) is 18.2 Å². The number of rotatable bonds is 6. The maximum atomic E-state index is 6.33. The Bertz CT molecular complexity index is 2510. The Morgan fingerprint density at radius 3 is 1.31 bits per heavy atom. The monoisotopic (exact) mass is 630 g/mol. The molecule has 0 saturated carbocycles. The van der Waals surface area contributed by atoms with Crippen LogP contribution in [0.15, 0.2) is 162 Å². The average molecular weight is 631 g/mol. The van der Waals surface area contributed by atoms with Crippen molar-refractivity contribution in [3.63, 3.8) is 0 Å². The van der Waals surface area contributed by atoms with Gasteiger partial charge in [0, 0.05) is 39.6 Å². The Morgan fingerprint density at radius 2 is 0.796 bits per heavy atom. The molecule has 4 aromatic heterocycles. The summed E-state index contributed by atoms with van der Waals surface area (Å²) < 4.78 is 6.33. The van der Waals surface area contributed by atoms with Crippen LogP contribution in [0.1, 0.15) is 0 Å². The van der Waals surface area contributed by atoms with E-state index in [0.717, 1.165) is 55.5 Å². The maximum Gasteiger partial charge on any atom is 0.229 e. The highest BCUT2D eigenvalue weighted by Crippen LogP contribution is 2.36. The summed E-state index contributed by atoms with van der Waals surface area (Å²) >= 11 is 0. The molecular formula is C42H26N6O. The number of furan rings is 1. The fourth-order valence-electron chi connectivity index (χ4n) is 5.94. The first-order chi connectivity index (χ1) is 24.3. The molecule has 0 spiro atoms. The lowest BCUT2D eigenvalue weighted by molar-refractivity contribution is 0.653. The van der Waals surface area contributed by atoms with Crippen LogP contribution in [0.25, 0.3) is 90.1 Å². The first-order valence-electron chi connectivity index (χ1n) is 16.0. The van der Waals surface area contributed by atoms with Gasteiger partial charge in [-0.2, -0.15) is 0 Å². The van der Waals surface area contributed by atoms with Crippen molar-refractivity contribution in [2.45, 2.75) is 0 Å². The van der Waals surface area contributed by atoms with Gasteiger partial charge < -0.3 is 4.42 Å². The molecule has 9 rings (SSSR count). The lowest BCUT2D eigenvalue weighted by atomic mass is 10.0. The molecule has 0 fully saturated rings. The van der Waals surface area contributed by atoms with Crippen molar-refractivity contribution in [3.05, 3.63) is 158 Å². The normalized spacial score (nSPS) is 11.3. The van der Waals surface area contributed by atoms with E-state index in [0.29, 0.717) is 34.6 Å². The van der Waals surface area contributed by atoms with Crippen molar-refractivity contribution in [2.24, 2.45) is 0 Å². The molecular weight excluding hydrogens is 605 g/mol. The number of fused-ring (bicyclic) bond motifs is 3. The Hall–Kier alpha value is -6.86. The maximum absolute atomic E-state index is 6.33. The first-order valence-corrected chi connectivity index (χ1v) is 16.0. The Kier molecular flexibility index (Phi) is 6.98. The minimum atomic E-state index is 0.513. The van der Waals surface area contributed by atoms with E-state index in [1.807, 2.05) is 140 Å². The van der Waals surface area contributed by atoms with Gasteiger partial charge in [-0.05, 0) is 11.6 Å². The molecule has 7 heteroatoms. The predicted molar refractivity (Wildman–Crippen MR) is 193 cm³/mol. The van der Waals surface area contributed by atoms with Crippen LogP contribution in [-0.4, -0.2) is 29.9 Å². The Balaban J connectivity index is 1.14. The number of nitrogens with zero attached hydrogens (tertiary/aromatic N) is 6. The molecule has 230 valence electrons. The van der Waals surface area contributed by atoms with E-state index in [4.69, 9.17) is 34.3 Å². The summed E-state index contributed by atoms with van der Waals surface area (Å²) in [6, 6.07) is 50.3. The lowest BCUT2D eigenvalue weighted by Crippen LogP contribution is -2.00. The van der Waals surface area contributed by atoms with Gasteiger partial charge in [0.2, 0.25) is 5.71 Å². The second kappa shape index (κ2) is 12.1. The summed E-state index contributed by atoms with van der Waals surface area (Å²) in [5, 5.41) is 0.825. The standard InChI is InChI=1S/C42H26N6O/c1-5-13-28(14-6-1)35-37-36(45-38(44-35)29-15-7-2-8-16-29)34-25-33(26-43-42(34)49-37)27-21-23-32(24-22-27)41-47-39(30-17-9-3-10-18-30)46-40(48-41)31-19-11-4-12-20-31/h1-26H. The van der Waals surface area contributed by atoms with Crippen molar-refractivity contribution in [3.8, 4) is 67.9 Å². The number of pyridine rings is 1. The highest BCUT2D eigenvalue weighted by molar-refractivity contribution is 6.07. The minimum Gasteiger partial charge on any atom is -0.434 e. The van der Waals surface area contributed by atoms with Crippen LogP contribution < -0.4 is 0 Å². The van der Waals surface area contributed by atoms with Crippen molar-refractivity contribution in [1.29, 1.82) is 0 Å². The van der Waals surface area contributed by atoms with E-state index >= 15 is 0 Å². The van der Waals surface area contributed by atoms with Crippen LogP contribution in [0.3, 0.4) is 0 Å². The third-order valence-electron chi connectivity index (χ3n) is 8.43. The van der Waals surface area contributed by atoms with Crippen molar-refractivity contribution >= 4 is 22.2 Å². The second-order valence-corrected chi connectivity index (χ2v) is 11.6. The summed E-state index contributed by atoms with van der Waals surface area (Å²) in [7, 11) is 0. The van der Waals surface area contributed by atoms with Crippen LogP contribution in [-0.2, 0) is 0 Å². The molecule has 0 bridgehead atoms. The molecule has 0 aliphatic rings. The fourth-order valence-corrected chi connectivity index (χ4v) is 5.94. The molecule has 4 heterocycles. The van der Waals surface area contributed by atoms with Crippen LogP contribution in [0.4, 0.5) is 0 Å². The van der Waals surface area contributed by atoms with Gasteiger partial charge in [-0.1, -0.05) is 146 Å². The van der Waals surface area contributed by atoms with E-state index in [9.17, 15) is 0 Å². The van der Waals surface area contributed by atoms with Gasteiger partial charge in [0.05, 0.1) is 5.39 Å². The first kappa shape index (κ1) is 28.4. The molecule has 0 aliphatic carbocycles. The fraction of sp³-hybridized carbons (Fsp3) is 0. The van der Waals surface area contributed by atoms with E-state index < -0.39 is 0 Å². The van der Waals surface area contributed by atoms with Crippen LogP contribution >= 0.6 is 0 Å². The van der Waals surface area contributed by atoms with Gasteiger partial charge in [0.25, 0.3) is 0 Å². The highest BCUT2D eigenvalue weighted by atomic mass is 16.3. The molecule has 7 nitrogen and oxygen atoms in total.